The fourth-order valence-electron chi connectivity index (χ4n) is 1.72. The average Bonchev–Trinajstić information content (AvgIpc) is 2.38. The van der Waals surface area contributed by atoms with Gasteiger partial charge >= 0.3 is 0 Å². The standard InChI is InChI=1S/C15H17NO/c16-14-10-4-5-11-15(14)17-12-6-9-13-7-2-1-3-8-13/h1-5,7-8,10-11H,6,9,12,16H2. The van der Waals surface area contributed by atoms with Crippen LogP contribution in [0.1, 0.15) is 12.0 Å². The zero-order valence-corrected chi connectivity index (χ0v) is 9.80. The number of rotatable bonds is 5. The normalized spacial score (nSPS) is 10.1. The van der Waals surface area contributed by atoms with Crippen molar-refractivity contribution < 1.29 is 4.74 Å². The second kappa shape index (κ2) is 5.94. The van der Waals surface area contributed by atoms with Crippen molar-refractivity contribution >= 4 is 5.69 Å². The number of hydrogen-bond donors (Lipinski definition) is 1. The Morgan fingerprint density at radius 2 is 1.59 bits per heavy atom. The molecule has 0 aromatic heterocycles. The Kier molecular flexibility index (Phi) is 4.03. The van der Waals surface area contributed by atoms with E-state index in [0.717, 1.165) is 18.6 Å². The highest BCUT2D eigenvalue weighted by Crippen LogP contribution is 2.19. The van der Waals surface area contributed by atoms with Crippen LogP contribution in [0, 0.1) is 0 Å². The lowest BCUT2D eigenvalue weighted by Crippen LogP contribution is -2.01. The van der Waals surface area contributed by atoms with Gasteiger partial charge in [-0.3, -0.25) is 0 Å². The maximum absolute atomic E-state index is 5.79. The smallest absolute Gasteiger partial charge is 0.142 e. The van der Waals surface area contributed by atoms with Crippen molar-refractivity contribution in [3.8, 4) is 5.75 Å². The predicted molar refractivity (Wildman–Crippen MR) is 71.1 cm³/mol. The molecule has 0 saturated heterocycles. The Hall–Kier alpha value is -1.96. The number of anilines is 1. The summed E-state index contributed by atoms with van der Waals surface area (Å²) in [6.07, 6.45) is 2.03. The van der Waals surface area contributed by atoms with Crippen LogP contribution < -0.4 is 10.5 Å². The van der Waals surface area contributed by atoms with E-state index in [1.807, 2.05) is 30.3 Å². The maximum atomic E-state index is 5.79. The molecule has 2 heteroatoms. The van der Waals surface area contributed by atoms with Gasteiger partial charge in [0.1, 0.15) is 5.75 Å². The van der Waals surface area contributed by atoms with Crippen molar-refractivity contribution in [2.45, 2.75) is 12.8 Å². The van der Waals surface area contributed by atoms with Gasteiger partial charge in [-0.2, -0.15) is 0 Å². The van der Waals surface area contributed by atoms with Crippen LogP contribution in [0.3, 0.4) is 0 Å². The zero-order chi connectivity index (χ0) is 11.9. The minimum absolute atomic E-state index is 0.698. The number of nitrogens with two attached hydrogens (primary N) is 1. The van der Waals surface area contributed by atoms with Crippen LogP contribution >= 0.6 is 0 Å². The van der Waals surface area contributed by atoms with E-state index in [2.05, 4.69) is 24.3 Å². The largest absolute Gasteiger partial charge is 0.491 e. The summed E-state index contributed by atoms with van der Waals surface area (Å²) >= 11 is 0. The fourth-order valence-corrected chi connectivity index (χ4v) is 1.72. The van der Waals surface area contributed by atoms with Gasteiger partial charge in [0, 0.05) is 0 Å². The molecule has 2 rings (SSSR count). The van der Waals surface area contributed by atoms with Gasteiger partial charge in [-0.1, -0.05) is 42.5 Å². The number of aryl methyl sites for hydroxylation is 1. The first-order valence-corrected chi connectivity index (χ1v) is 5.87. The van der Waals surface area contributed by atoms with E-state index in [-0.39, 0.29) is 0 Å². The maximum Gasteiger partial charge on any atom is 0.142 e. The first-order chi connectivity index (χ1) is 8.36. The van der Waals surface area contributed by atoms with Crippen LogP contribution in [0.15, 0.2) is 54.6 Å². The second-order valence-corrected chi connectivity index (χ2v) is 3.98. The first-order valence-electron chi connectivity index (χ1n) is 5.87. The molecular weight excluding hydrogens is 210 g/mol. The summed E-state index contributed by atoms with van der Waals surface area (Å²) < 4.78 is 5.63. The van der Waals surface area contributed by atoms with Gasteiger partial charge in [0.05, 0.1) is 12.3 Å². The summed E-state index contributed by atoms with van der Waals surface area (Å²) in [5.41, 5.74) is 7.83. The third-order valence-corrected chi connectivity index (χ3v) is 2.63. The topological polar surface area (TPSA) is 35.2 Å². The molecule has 17 heavy (non-hydrogen) atoms. The minimum atomic E-state index is 0.698. The van der Waals surface area contributed by atoms with Gasteiger partial charge in [-0.05, 0) is 30.5 Å². The molecule has 0 heterocycles. The molecule has 0 bridgehead atoms. The summed E-state index contributed by atoms with van der Waals surface area (Å²) in [7, 11) is 0. The van der Waals surface area contributed by atoms with Gasteiger partial charge in [0.2, 0.25) is 0 Å². The Balaban J connectivity index is 1.76. The van der Waals surface area contributed by atoms with Crippen molar-refractivity contribution in [2.24, 2.45) is 0 Å². The molecule has 2 nitrogen and oxygen atoms in total. The molecule has 0 spiro atoms. The summed E-state index contributed by atoms with van der Waals surface area (Å²) in [5, 5.41) is 0. The lowest BCUT2D eigenvalue weighted by atomic mass is 10.1. The van der Waals surface area contributed by atoms with E-state index in [1.54, 1.807) is 0 Å². The van der Waals surface area contributed by atoms with Crippen LogP contribution in [-0.2, 0) is 6.42 Å². The summed E-state index contributed by atoms with van der Waals surface area (Å²) in [6.45, 7) is 0.698. The molecule has 2 N–H and O–H groups in total. The van der Waals surface area contributed by atoms with E-state index in [1.165, 1.54) is 5.56 Å². The monoisotopic (exact) mass is 227 g/mol. The number of para-hydroxylation sites is 2. The lowest BCUT2D eigenvalue weighted by molar-refractivity contribution is 0.312. The third-order valence-electron chi connectivity index (χ3n) is 2.63. The van der Waals surface area contributed by atoms with Gasteiger partial charge in [-0.15, -0.1) is 0 Å². The van der Waals surface area contributed by atoms with E-state index in [4.69, 9.17) is 10.5 Å². The van der Waals surface area contributed by atoms with Gasteiger partial charge in [0.15, 0.2) is 0 Å². The van der Waals surface area contributed by atoms with Gasteiger partial charge < -0.3 is 10.5 Å². The molecule has 0 aliphatic carbocycles. The van der Waals surface area contributed by atoms with Gasteiger partial charge in [-0.25, -0.2) is 0 Å². The molecule has 88 valence electrons. The van der Waals surface area contributed by atoms with Crippen LogP contribution in [0.4, 0.5) is 5.69 Å². The van der Waals surface area contributed by atoms with Crippen molar-refractivity contribution in [2.75, 3.05) is 12.3 Å². The zero-order valence-electron chi connectivity index (χ0n) is 9.80. The van der Waals surface area contributed by atoms with E-state index >= 15 is 0 Å². The molecular formula is C15H17NO. The van der Waals surface area contributed by atoms with Crippen LogP contribution in [0.2, 0.25) is 0 Å². The molecule has 0 aliphatic rings. The fraction of sp³-hybridized carbons (Fsp3) is 0.200. The molecule has 0 radical (unpaired) electrons. The quantitative estimate of drug-likeness (QED) is 0.628. The molecule has 0 saturated carbocycles. The van der Waals surface area contributed by atoms with Crippen LogP contribution in [0.5, 0.6) is 5.75 Å². The summed E-state index contributed by atoms with van der Waals surface area (Å²) in [5.74, 6) is 0.778. The Morgan fingerprint density at radius 3 is 2.35 bits per heavy atom. The van der Waals surface area contributed by atoms with Crippen molar-refractivity contribution in [1.82, 2.24) is 0 Å². The third kappa shape index (κ3) is 3.52. The van der Waals surface area contributed by atoms with E-state index < -0.39 is 0 Å². The second-order valence-electron chi connectivity index (χ2n) is 3.98. The lowest BCUT2D eigenvalue weighted by Gasteiger charge is -2.08. The molecule has 2 aromatic rings. The van der Waals surface area contributed by atoms with E-state index in [0.29, 0.717) is 12.3 Å². The summed E-state index contributed by atoms with van der Waals surface area (Å²) in [4.78, 5) is 0. The van der Waals surface area contributed by atoms with Crippen molar-refractivity contribution in [3.05, 3.63) is 60.2 Å². The predicted octanol–water partition coefficient (Wildman–Crippen LogP) is 3.28. The number of hydrogen-bond acceptors (Lipinski definition) is 2. The average molecular weight is 227 g/mol. The van der Waals surface area contributed by atoms with Crippen molar-refractivity contribution in [1.29, 1.82) is 0 Å². The minimum Gasteiger partial charge on any atom is -0.491 e. The van der Waals surface area contributed by atoms with Crippen molar-refractivity contribution in [3.63, 3.8) is 0 Å². The number of ether oxygens (including phenoxy) is 1. The Bertz CT molecular complexity index is 453. The van der Waals surface area contributed by atoms with Gasteiger partial charge in [0.25, 0.3) is 0 Å². The Morgan fingerprint density at radius 1 is 0.882 bits per heavy atom. The van der Waals surface area contributed by atoms with E-state index in [9.17, 15) is 0 Å². The molecule has 0 amide bonds. The first kappa shape index (κ1) is 11.5. The molecule has 0 fully saturated rings. The molecule has 0 unspecified atom stereocenters. The molecule has 0 aliphatic heterocycles. The Labute approximate surface area is 102 Å². The number of nitrogen functional groups attached to an aromatic ring is 1. The highest BCUT2D eigenvalue weighted by Gasteiger charge is 1.98. The SMILES string of the molecule is Nc1ccccc1OCCCc1ccccc1. The number of benzene rings is 2. The summed E-state index contributed by atoms with van der Waals surface area (Å²) in [6, 6.07) is 18.0. The molecule has 2 aromatic carbocycles. The highest BCUT2D eigenvalue weighted by molar-refractivity contribution is 5.51. The van der Waals surface area contributed by atoms with Crippen LogP contribution in [-0.4, -0.2) is 6.61 Å². The highest BCUT2D eigenvalue weighted by atomic mass is 16.5. The van der Waals surface area contributed by atoms with Crippen LogP contribution in [0.25, 0.3) is 0 Å². The molecule has 0 atom stereocenters.